The Labute approximate surface area is 202 Å². The van der Waals surface area contributed by atoms with Gasteiger partial charge in [-0.15, -0.1) is 11.3 Å². The van der Waals surface area contributed by atoms with Crippen LogP contribution in [0.2, 0.25) is 0 Å². The predicted octanol–water partition coefficient (Wildman–Crippen LogP) is 3.46. The topological polar surface area (TPSA) is 108 Å². The molecule has 2 aromatic rings. The fraction of sp³-hybridized carbons (Fsp3) is 0.600. The lowest BCUT2D eigenvalue weighted by Crippen LogP contribution is -2.59. The van der Waals surface area contributed by atoms with Gasteiger partial charge in [0.2, 0.25) is 5.91 Å². The Morgan fingerprint density at radius 2 is 2.00 bits per heavy atom. The molecule has 3 heterocycles. The maximum absolute atomic E-state index is 13.3. The molecule has 34 heavy (non-hydrogen) atoms. The molecule has 1 aliphatic heterocycles. The van der Waals surface area contributed by atoms with E-state index in [2.05, 4.69) is 0 Å². The number of carbonyl (C=O) groups is 2. The van der Waals surface area contributed by atoms with E-state index in [0.717, 1.165) is 61.2 Å². The van der Waals surface area contributed by atoms with Crippen molar-refractivity contribution in [2.75, 3.05) is 6.54 Å². The first-order valence-corrected chi connectivity index (χ1v) is 13.1. The van der Waals surface area contributed by atoms with Gasteiger partial charge in [-0.25, -0.2) is 9.78 Å². The van der Waals surface area contributed by atoms with E-state index in [1.165, 1.54) is 15.9 Å². The molecule has 4 aliphatic carbocycles. The van der Waals surface area contributed by atoms with E-state index < -0.39 is 0 Å². The van der Waals surface area contributed by atoms with Gasteiger partial charge >= 0.3 is 6.09 Å². The first-order chi connectivity index (χ1) is 16.3. The third kappa shape index (κ3) is 3.47. The van der Waals surface area contributed by atoms with Crippen molar-refractivity contribution in [2.24, 2.45) is 36.0 Å². The number of thiazole rings is 1. The van der Waals surface area contributed by atoms with Crippen molar-refractivity contribution < 1.29 is 14.3 Å². The van der Waals surface area contributed by atoms with E-state index in [1.807, 2.05) is 16.3 Å². The van der Waals surface area contributed by atoms with Gasteiger partial charge in [-0.1, -0.05) is 0 Å². The van der Waals surface area contributed by atoms with Gasteiger partial charge in [0, 0.05) is 36.8 Å². The lowest BCUT2D eigenvalue weighted by Gasteiger charge is -2.58. The van der Waals surface area contributed by atoms with Crippen LogP contribution in [-0.2, 0) is 16.6 Å². The second kappa shape index (κ2) is 7.93. The first kappa shape index (κ1) is 21.8. The van der Waals surface area contributed by atoms with Crippen LogP contribution in [0.5, 0.6) is 0 Å². The monoisotopic (exact) mass is 482 g/mol. The number of nitrogens with zero attached hydrogens (tertiary/aromatic N) is 3. The highest BCUT2D eigenvalue weighted by Gasteiger charge is 2.59. The van der Waals surface area contributed by atoms with E-state index in [9.17, 15) is 14.4 Å². The Morgan fingerprint density at radius 3 is 2.71 bits per heavy atom. The molecule has 8 nitrogen and oxygen atoms in total. The number of primary amides is 1. The highest BCUT2D eigenvalue weighted by molar-refractivity contribution is 7.10. The lowest BCUT2D eigenvalue weighted by molar-refractivity contribution is -0.161. The van der Waals surface area contributed by atoms with E-state index >= 15 is 0 Å². The summed E-state index contributed by atoms with van der Waals surface area (Å²) in [6.45, 7) is 0.653. The summed E-state index contributed by atoms with van der Waals surface area (Å²) in [5, 5.41) is 2.83. The molecule has 0 spiro atoms. The summed E-state index contributed by atoms with van der Waals surface area (Å²) in [5.74, 6) is 0.821. The standard InChI is InChI=1S/C25H30N4O4S/c1-28-6-4-15(9-20(28)30)18-13-34-22(27-18)19-3-2-5-29(19)24(32)33-21-16-7-14-8-17(21)12-25(10-14,11-16)23(26)31/h4,6,9,13-14,16-17,19,21H,2-3,5,7-8,10-12H2,1H3,(H2,26,31)/t14?,16-,17?,19?,21?,25?/m1/s1. The predicted molar refractivity (Wildman–Crippen MR) is 127 cm³/mol. The van der Waals surface area contributed by atoms with E-state index in [1.54, 1.807) is 19.3 Å². The van der Waals surface area contributed by atoms with Crippen molar-refractivity contribution in [3.8, 4) is 11.3 Å². The molecule has 5 aliphatic rings. The Hall–Kier alpha value is -2.68. The zero-order chi connectivity index (χ0) is 23.6. The first-order valence-electron chi connectivity index (χ1n) is 12.2. The molecule has 5 unspecified atom stereocenters. The normalized spacial score (nSPS) is 33.9. The molecule has 2 aromatic heterocycles. The zero-order valence-corrected chi connectivity index (χ0v) is 20.1. The van der Waals surface area contributed by atoms with Crippen molar-refractivity contribution in [1.82, 2.24) is 14.5 Å². The molecule has 7 rings (SSSR count). The SMILES string of the molecule is Cn1ccc(-c2csc(C3CCCN3C(=O)OC3C4CC5C[C@@H]3CC(C(N)=O)(C5)C4)n2)cc1=O. The molecule has 6 atom stereocenters. The maximum atomic E-state index is 13.3. The van der Waals surface area contributed by atoms with E-state index in [0.29, 0.717) is 12.5 Å². The summed E-state index contributed by atoms with van der Waals surface area (Å²) in [4.78, 5) is 44.2. The summed E-state index contributed by atoms with van der Waals surface area (Å²) < 4.78 is 7.70. The van der Waals surface area contributed by atoms with Crippen molar-refractivity contribution in [2.45, 2.75) is 57.1 Å². The summed E-state index contributed by atoms with van der Waals surface area (Å²) >= 11 is 1.52. The highest BCUT2D eigenvalue weighted by atomic mass is 32.1. The lowest BCUT2D eigenvalue weighted by atomic mass is 9.48. The number of likely N-dealkylation sites (tertiary alicyclic amines) is 1. The van der Waals surface area contributed by atoms with Crippen molar-refractivity contribution in [1.29, 1.82) is 0 Å². The molecular formula is C25H30N4O4S. The van der Waals surface area contributed by atoms with Gasteiger partial charge in [0.05, 0.1) is 17.2 Å². The van der Waals surface area contributed by atoms with Crippen molar-refractivity contribution in [3.63, 3.8) is 0 Å². The third-order valence-electron chi connectivity index (χ3n) is 8.64. The van der Waals surface area contributed by atoms with Gasteiger partial charge in [0.1, 0.15) is 11.1 Å². The molecule has 4 bridgehead atoms. The number of hydrogen-bond acceptors (Lipinski definition) is 6. The molecule has 0 radical (unpaired) electrons. The van der Waals surface area contributed by atoms with E-state index in [-0.39, 0.29) is 47.0 Å². The second-order valence-electron chi connectivity index (χ2n) is 10.7. The van der Waals surface area contributed by atoms with E-state index in [4.69, 9.17) is 15.5 Å². The summed E-state index contributed by atoms with van der Waals surface area (Å²) in [7, 11) is 1.72. The number of hydrogen-bond donors (Lipinski definition) is 1. The molecule has 0 aromatic carbocycles. The van der Waals surface area contributed by atoms with Crippen LogP contribution in [0, 0.1) is 23.2 Å². The third-order valence-corrected chi connectivity index (χ3v) is 9.59. The van der Waals surface area contributed by atoms with Gasteiger partial charge in [0.25, 0.3) is 5.56 Å². The highest BCUT2D eigenvalue weighted by Crippen LogP contribution is 2.60. The summed E-state index contributed by atoms with van der Waals surface area (Å²) in [6, 6.07) is 3.36. The molecule has 2 N–H and O–H groups in total. The minimum atomic E-state index is -0.384. The van der Waals surface area contributed by atoms with Crippen LogP contribution in [0.15, 0.2) is 28.5 Å². The number of carbonyl (C=O) groups excluding carboxylic acids is 2. The number of nitrogens with two attached hydrogens (primary N) is 1. The maximum Gasteiger partial charge on any atom is 0.410 e. The number of amides is 2. The van der Waals surface area contributed by atoms with Crippen LogP contribution in [0.3, 0.4) is 0 Å². The molecule has 2 amide bonds. The Kier molecular flexibility index (Phi) is 5.09. The van der Waals surface area contributed by atoms with Gasteiger partial charge in [-0.3, -0.25) is 14.5 Å². The number of aromatic nitrogens is 2. The molecule has 180 valence electrons. The van der Waals surface area contributed by atoms with Crippen LogP contribution >= 0.6 is 11.3 Å². The number of aryl methyl sites for hydroxylation is 1. The summed E-state index contributed by atoms with van der Waals surface area (Å²) in [5.41, 5.74) is 6.89. The van der Waals surface area contributed by atoms with Crippen molar-refractivity contribution in [3.05, 3.63) is 39.1 Å². The Balaban J connectivity index is 1.18. The molecule has 5 fully saturated rings. The number of rotatable bonds is 4. The average molecular weight is 483 g/mol. The van der Waals surface area contributed by atoms with Crippen LogP contribution in [-0.4, -0.2) is 39.1 Å². The fourth-order valence-electron chi connectivity index (χ4n) is 7.18. The minimum Gasteiger partial charge on any atom is -0.445 e. The number of ether oxygens (including phenoxy) is 1. The summed E-state index contributed by atoms with van der Waals surface area (Å²) in [6.07, 6.45) is 7.58. The molecular weight excluding hydrogens is 452 g/mol. The fourth-order valence-corrected chi connectivity index (χ4v) is 8.15. The van der Waals surface area contributed by atoms with Crippen LogP contribution in [0.4, 0.5) is 4.79 Å². The van der Waals surface area contributed by atoms with Gasteiger partial charge < -0.3 is 15.0 Å². The smallest absolute Gasteiger partial charge is 0.410 e. The second-order valence-corrected chi connectivity index (χ2v) is 11.6. The molecule has 4 saturated carbocycles. The van der Waals surface area contributed by atoms with Gasteiger partial charge in [-0.05, 0) is 68.8 Å². The molecule has 1 saturated heterocycles. The van der Waals surface area contributed by atoms with Crippen LogP contribution < -0.4 is 11.3 Å². The zero-order valence-electron chi connectivity index (χ0n) is 19.3. The Bertz CT molecular complexity index is 1190. The van der Waals surface area contributed by atoms with Gasteiger partial charge in [0.15, 0.2) is 0 Å². The number of pyridine rings is 1. The van der Waals surface area contributed by atoms with Crippen LogP contribution in [0.25, 0.3) is 11.3 Å². The van der Waals surface area contributed by atoms with Crippen molar-refractivity contribution >= 4 is 23.3 Å². The quantitative estimate of drug-likeness (QED) is 0.718. The molecule has 9 heteroatoms. The minimum absolute atomic E-state index is 0.0769. The Morgan fingerprint density at radius 1 is 1.24 bits per heavy atom. The average Bonchev–Trinajstić information content (AvgIpc) is 3.47. The largest absolute Gasteiger partial charge is 0.445 e. The van der Waals surface area contributed by atoms with Gasteiger partial charge in [-0.2, -0.15) is 0 Å². The van der Waals surface area contributed by atoms with Crippen LogP contribution in [0.1, 0.15) is 56.0 Å².